The van der Waals surface area contributed by atoms with Gasteiger partial charge in [-0.15, -0.1) is 0 Å². The number of aryl methyl sites for hydroxylation is 2. The molecule has 4 heteroatoms. The molecule has 4 nitrogen and oxygen atoms in total. The van der Waals surface area contributed by atoms with Crippen molar-refractivity contribution in [3.8, 4) is 5.69 Å². The summed E-state index contributed by atoms with van der Waals surface area (Å²) in [4.78, 5) is 11.1. The van der Waals surface area contributed by atoms with E-state index in [2.05, 4.69) is 5.10 Å². The second-order valence-electron chi connectivity index (χ2n) is 4.32. The van der Waals surface area contributed by atoms with Crippen molar-refractivity contribution in [2.45, 2.75) is 13.8 Å². The van der Waals surface area contributed by atoms with Crippen LogP contribution in [0.1, 0.15) is 11.4 Å². The number of hydrogen-bond acceptors (Lipinski definition) is 3. The molecule has 0 aliphatic heterocycles. The molecule has 0 fully saturated rings. The Morgan fingerprint density at radius 3 is 2.67 bits per heavy atom. The zero-order valence-electron chi connectivity index (χ0n) is 10.2. The van der Waals surface area contributed by atoms with E-state index < -0.39 is 0 Å². The summed E-state index contributed by atoms with van der Waals surface area (Å²) in [5, 5.41) is 5.32. The Morgan fingerprint density at radius 2 is 1.94 bits per heavy atom. The fourth-order valence-electron chi connectivity index (χ4n) is 2.08. The number of rotatable bonds is 1. The summed E-state index contributed by atoms with van der Waals surface area (Å²) < 4.78 is 6.98. The molecular weight excluding hydrogens is 228 g/mol. The second kappa shape index (κ2) is 3.84. The van der Waals surface area contributed by atoms with Gasteiger partial charge in [0.1, 0.15) is 5.58 Å². The molecule has 0 amide bonds. The first kappa shape index (κ1) is 10.8. The van der Waals surface area contributed by atoms with Crippen molar-refractivity contribution in [2.75, 3.05) is 0 Å². The molecule has 90 valence electrons. The normalized spacial score (nSPS) is 11.0. The topological polar surface area (TPSA) is 48.0 Å². The molecule has 0 spiro atoms. The lowest BCUT2D eigenvalue weighted by atomic mass is 10.2. The molecule has 0 saturated carbocycles. The molecule has 0 aliphatic rings. The van der Waals surface area contributed by atoms with Gasteiger partial charge in [-0.05, 0) is 44.2 Å². The van der Waals surface area contributed by atoms with E-state index in [0.717, 1.165) is 22.5 Å². The highest BCUT2D eigenvalue weighted by atomic mass is 16.4. The van der Waals surface area contributed by atoms with Crippen LogP contribution in [0.3, 0.4) is 0 Å². The van der Waals surface area contributed by atoms with E-state index in [0.29, 0.717) is 5.58 Å². The average molecular weight is 240 g/mol. The molecule has 2 heterocycles. The summed E-state index contributed by atoms with van der Waals surface area (Å²) >= 11 is 0. The Hall–Kier alpha value is -2.36. The van der Waals surface area contributed by atoms with Gasteiger partial charge in [0.2, 0.25) is 0 Å². The van der Waals surface area contributed by atoms with Gasteiger partial charge in [0, 0.05) is 17.1 Å². The molecule has 3 aromatic rings. The predicted molar refractivity (Wildman–Crippen MR) is 69.1 cm³/mol. The quantitative estimate of drug-likeness (QED) is 0.614. The summed E-state index contributed by atoms with van der Waals surface area (Å²) in [5.41, 5.74) is 3.27. The minimum Gasteiger partial charge on any atom is -0.423 e. The molecule has 0 N–H and O–H groups in total. The van der Waals surface area contributed by atoms with Crippen molar-refractivity contribution in [2.24, 2.45) is 0 Å². The summed E-state index contributed by atoms with van der Waals surface area (Å²) in [6.07, 6.45) is 0. The lowest BCUT2D eigenvalue weighted by Gasteiger charge is -2.05. The standard InChI is InChI=1S/C14H12N2O2/c1-9-7-10(2)16(15-9)12-4-5-13-11(8-12)3-6-14(17)18-13/h3-8H,1-2H3. The third kappa shape index (κ3) is 1.72. The van der Waals surface area contributed by atoms with Gasteiger partial charge in [-0.25, -0.2) is 9.48 Å². The fraction of sp³-hybridized carbons (Fsp3) is 0.143. The van der Waals surface area contributed by atoms with Gasteiger partial charge in [0.15, 0.2) is 0 Å². The maximum absolute atomic E-state index is 11.1. The van der Waals surface area contributed by atoms with Gasteiger partial charge < -0.3 is 4.42 Å². The highest BCUT2D eigenvalue weighted by Crippen LogP contribution is 2.18. The van der Waals surface area contributed by atoms with Crippen molar-refractivity contribution in [1.82, 2.24) is 9.78 Å². The van der Waals surface area contributed by atoms with Crippen LogP contribution in [0, 0.1) is 13.8 Å². The van der Waals surface area contributed by atoms with Gasteiger partial charge in [-0.3, -0.25) is 0 Å². The van der Waals surface area contributed by atoms with Gasteiger partial charge in [0.05, 0.1) is 11.4 Å². The Labute approximate surface area is 103 Å². The smallest absolute Gasteiger partial charge is 0.336 e. The highest BCUT2D eigenvalue weighted by molar-refractivity contribution is 5.78. The van der Waals surface area contributed by atoms with Gasteiger partial charge in [-0.1, -0.05) is 0 Å². The first-order chi connectivity index (χ1) is 8.63. The van der Waals surface area contributed by atoms with Crippen molar-refractivity contribution in [3.05, 3.63) is 58.2 Å². The van der Waals surface area contributed by atoms with Gasteiger partial charge in [-0.2, -0.15) is 5.10 Å². The SMILES string of the molecule is Cc1cc(C)n(-c2ccc3oc(=O)ccc3c2)n1. The zero-order chi connectivity index (χ0) is 12.7. The highest BCUT2D eigenvalue weighted by Gasteiger charge is 2.05. The largest absolute Gasteiger partial charge is 0.423 e. The third-order valence-electron chi connectivity index (χ3n) is 2.86. The van der Waals surface area contributed by atoms with Crippen LogP contribution in [-0.4, -0.2) is 9.78 Å². The Morgan fingerprint density at radius 1 is 1.11 bits per heavy atom. The molecule has 0 aliphatic carbocycles. The average Bonchev–Trinajstić information content (AvgIpc) is 2.68. The van der Waals surface area contributed by atoms with Crippen LogP contribution in [0.2, 0.25) is 0 Å². The van der Waals surface area contributed by atoms with Crippen molar-refractivity contribution in [3.63, 3.8) is 0 Å². The Kier molecular flexibility index (Phi) is 2.30. The van der Waals surface area contributed by atoms with E-state index in [9.17, 15) is 4.79 Å². The molecular formula is C14H12N2O2. The summed E-state index contributed by atoms with van der Waals surface area (Å²) in [7, 11) is 0. The predicted octanol–water partition coefficient (Wildman–Crippen LogP) is 2.60. The maximum atomic E-state index is 11.1. The van der Waals surface area contributed by atoms with E-state index >= 15 is 0 Å². The van der Waals surface area contributed by atoms with Gasteiger partial charge >= 0.3 is 5.63 Å². The number of hydrogen-bond donors (Lipinski definition) is 0. The third-order valence-corrected chi connectivity index (χ3v) is 2.86. The van der Waals surface area contributed by atoms with Crippen LogP contribution in [0.5, 0.6) is 0 Å². The summed E-state index contributed by atoms with van der Waals surface area (Å²) in [5.74, 6) is 0. The van der Waals surface area contributed by atoms with E-state index in [1.807, 2.05) is 36.7 Å². The van der Waals surface area contributed by atoms with Crippen molar-refractivity contribution < 1.29 is 4.42 Å². The number of fused-ring (bicyclic) bond motifs is 1. The molecule has 2 aromatic heterocycles. The zero-order valence-corrected chi connectivity index (χ0v) is 10.2. The van der Waals surface area contributed by atoms with Crippen molar-refractivity contribution >= 4 is 11.0 Å². The Balaban J connectivity index is 2.22. The molecule has 3 rings (SSSR count). The molecule has 0 bridgehead atoms. The second-order valence-corrected chi connectivity index (χ2v) is 4.32. The maximum Gasteiger partial charge on any atom is 0.336 e. The van der Waals surface area contributed by atoms with Crippen LogP contribution < -0.4 is 5.63 Å². The summed E-state index contributed by atoms with van der Waals surface area (Å²) in [6.45, 7) is 3.97. The van der Waals surface area contributed by atoms with E-state index in [1.54, 1.807) is 12.1 Å². The van der Waals surface area contributed by atoms with Crippen LogP contribution >= 0.6 is 0 Å². The molecule has 0 atom stereocenters. The van der Waals surface area contributed by atoms with Crippen LogP contribution in [0.4, 0.5) is 0 Å². The molecule has 0 unspecified atom stereocenters. The fourth-order valence-corrected chi connectivity index (χ4v) is 2.08. The van der Waals surface area contributed by atoms with Crippen LogP contribution in [0.15, 0.2) is 45.6 Å². The molecule has 0 radical (unpaired) electrons. The minimum absolute atomic E-state index is 0.332. The first-order valence-electron chi connectivity index (χ1n) is 5.71. The van der Waals surface area contributed by atoms with E-state index in [-0.39, 0.29) is 5.63 Å². The molecule has 18 heavy (non-hydrogen) atoms. The number of aromatic nitrogens is 2. The lowest BCUT2D eigenvalue weighted by molar-refractivity contribution is 0.561. The Bertz CT molecular complexity index is 784. The van der Waals surface area contributed by atoms with Crippen molar-refractivity contribution in [1.29, 1.82) is 0 Å². The van der Waals surface area contributed by atoms with Crippen LogP contribution in [-0.2, 0) is 0 Å². The first-order valence-corrected chi connectivity index (χ1v) is 5.71. The van der Waals surface area contributed by atoms with E-state index in [1.165, 1.54) is 6.07 Å². The van der Waals surface area contributed by atoms with Gasteiger partial charge in [0.25, 0.3) is 0 Å². The van der Waals surface area contributed by atoms with E-state index in [4.69, 9.17) is 4.42 Å². The summed E-state index contributed by atoms with van der Waals surface area (Å²) in [6, 6.07) is 10.9. The number of benzene rings is 1. The molecule has 1 aromatic carbocycles. The van der Waals surface area contributed by atoms with Crippen LogP contribution in [0.25, 0.3) is 16.7 Å². The molecule has 0 saturated heterocycles. The minimum atomic E-state index is -0.332. The lowest BCUT2D eigenvalue weighted by Crippen LogP contribution is -2.00. The number of nitrogens with zero attached hydrogens (tertiary/aromatic N) is 2. The monoisotopic (exact) mass is 240 g/mol.